The highest BCUT2D eigenvalue weighted by atomic mass is 32.1. The average Bonchev–Trinajstić information content (AvgIpc) is 2.84. The van der Waals surface area contributed by atoms with Crippen molar-refractivity contribution in [2.45, 2.75) is 33.1 Å². The zero-order valence-electron chi connectivity index (χ0n) is 14.9. The average molecular weight is 361 g/mol. The highest BCUT2D eigenvalue weighted by Crippen LogP contribution is 2.16. The molecule has 2 rings (SSSR count). The summed E-state index contributed by atoms with van der Waals surface area (Å²) in [5.41, 5.74) is 0.893. The normalized spacial score (nSPS) is 12.2. The molecule has 0 spiro atoms. The summed E-state index contributed by atoms with van der Waals surface area (Å²) in [5.74, 6) is 0.759. The Balaban J connectivity index is 2.23. The lowest BCUT2D eigenvalue weighted by molar-refractivity contribution is -0.895. The number of hydrogen-bond donors (Lipinski definition) is 2. The molecule has 0 radical (unpaired) electrons. The number of carbonyl (C=O) groups excluding carboxylic acids is 1. The third kappa shape index (κ3) is 5.07. The molecule has 0 saturated carbocycles. The number of amides is 1. The fourth-order valence-electron chi connectivity index (χ4n) is 2.50. The third-order valence-corrected chi connectivity index (χ3v) is 3.92. The Hall–Kier alpha value is -2.32. The summed E-state index contributed by atoms with van der Waals surface area (Å²) in [6.07, 6.45) is 5.26. The van der Waals surface area contributed by atoms with E-state index in [4.69, 9.17) is 12.2 Å². The van der Waals surface area contributed by atoms with E-state index in [1.807, 2.05) is 37.6 Å². The van der Waals surface area contributed by atoms with Crippen LogP contribution in [0.25, 0.3) is 11.4 Å². The van der Waals surface area contributed by atoms with Gasteiger partial charge in [0.2, 0.25) is 4.77 Å². The van der Waals surface area contributed by atoms with Crippen molar-refractivity contribution < 1.29 is 9.69 Å². The van der Waals surface area contributed by atoms with Crippen LogP contribution in [0.4, 0.5) is 0 Å². The second-order valence-electron chi connectivity index (χ2n) is 6.26. The molecule has 0 aliphatic carbocycles. The number of pyridine rings is 1. The van der Waals surface area contributed by atoms with E-state index >= 15 is 0 Å². The Bertz CT molecular complexity index is 780. The van der Waals surface area contributed by atoms with Crippen LogP contribution >= 0.6 is 12.2 Å². The molecule has 1 unspecified atom stereocenters. The van der Waals surface area contributed by atoms with Crippen molar-refractivity contribution in [3.63, 3.8) is 0 Å². The maximum atomic E-state index is 11.9. The number of quaternary nitrogens is 1. The number of hydrogen-bond acceptors (Lipinski definition) is 4. The Kier molecular flexibility index (Phi) is 6.60. The third-order valence-electron chi connectivity index (χ3n) is 3.49. The zero-order valence-corrected chi connectivity index (χ0v) is 15.7. The lowest BCUT2D eigenvalue weighted by atomic mass is 10.3. The minimum absolute atomic E-state index is 0.0111. The van der Waals surface area contributed by atoms with Crippen LogP contribution in [0.5, 0.6) is 0 Å². The molecular weight excluding hydrogens is 336 g/mol. The van der Waals surface area contributed by atoms with Crippen LogP contribution in [0.1, 0.15) is 13.8 Å². The Morgan fingerprint density at radius 3 is 2.88 bits per heavy atom. The second kappa shape index (κ2) is 8.68. The summed E-state index contributed by atoms with van der Waals surface area (Å²) in [5, 5.41) is 7.54. The van der Waals surface area contributed by atoms with E-state index in [2.05, 4.69) is 22.0 Å². The van der Waals surface area contributed by atoms with Crippen LogP contribution in [0.2, 0.25) is 0 Å². The molecule has 0 aliphatic rings. The van der Waals surface area contributed by atoms with Crippen LogP contribution in [-0.2, 0) is 18.0 Å². The molecule has 0 bridgehead atoms. The van der Waals surface area contributed by atoms with E-state index in [1.54, 1.807) is 23.2 Å². The van der Waals surface area contributed by atoms with E-state index in [0.29, 0.717) is 24.5 Å². The number of carbonyl (C=O) groups is 1. The summed E-state index contributed by atoms with van der Waals surface area (Å²) in [6, 6.07) is 3.94. The van der Waals surface area contributed by atoms with Crippen LogP contribution in [-0.4, -0.2) is 44.9 Å². The largest absolute Gasteiger partial charge is 0.349 e. The van der Waals surface area contributed by atoms with Gasteiger partial charge < -0.3 is 10.2 Å². The fourth-order valence-corrected chi connectivity index (χ4v) is 2.77. The first-order valence-corrected chi connectivity index (χ1v) is 8.62. The van der Waals surface area contributed by atoms with E-state index in [0.717, 1.165) is 16.3 Å². The molecule has 25 heavy (non-hydrogen) atoms. The van der Waals surface area contributed by atoms with Crippen LogP contribution in [0.3, 0.4) is 0 Å². The van der Waals surface area contributed by atoms with Crippen molar-refractivity contribution in [3.8, 4) is 11.4 Å². The topological polar surface area (TPSA) is 69.2 Å². The SMILES string of the molecule is C=CCn1c(-c2cccnc2)nn(C[NH+](C)CC(=O)NC(C)C)c1=S. The van der Waals surface area contributed by atoms with E-state index in [-0.39, 0.29) is 11.9 Å². The summed E-state index contributed by atoms with van der Waals surface area (Å²) in [7, 11) is 1.94. The first-order valence-electron chi connectivity index (χ1n) is 8.22. The highest BCUT2D eigenvalue weighted by Gasteiger charge is 2.16. The molecule has 8 heteroatoms. The predicted octanol–water partition coefficient (Wildman–Crippen LogP) is 0.659. The van der Waals surface area contributed by atoms with Gasteiger partial charge in [0.25, 0.3) is 5.91 Å². The number of nitrogens with zero attached hydrogens (tertiary/aromatic N) is 4. The van der Waals surface area contributed by atoms with Gasteiger partial charge in [-0.25, -0.2) is 0 Å². The first-order chi connectivity index (χ1) is 11.9. The van der Waals surface area contributed by atoms with Crippen LogP contribution in [0, 0.1) is 4.77 Å². The van der Waals surface area contributed by atoms with Crippen LogP contribution < -0.4 is 10.2 Å². The van der Waals surface area contributed by atoms with Gasteiger partial charge in [-0.15, -0.1) is 11.7 Å². The molecule has 2 heterocycles. The zero-order chi connectivity index (χ0) is 18.4. The monoisotopic (exact) mass is 361 g/mol. The van der Waals surface area contributed by atoms with Crippen molar-refractivity contribution in [2.24, 2.45) is 0 Å². The van der Waals surface area contributed by atoms with E-state index < -0.39 is 0 Å². The van der Waals surface area contributed by atoms with Crippen LogP contribution in [0.15, 0.2) is 37.2 Å². The first kappa shape index (κ1) is 19.0. The summed E-state index contributed by atoms with van der Waals surface area (Å²) >= 11 is 5.56. The number of likely N-dealkylation sites (N-methyl/N-ethyl adjacent to an activating group) is 1. The lowest BCUT2D eigenvalue weighted by Gasteiger charge is -2.14. The Morgan fingerprint density at radius 2 is 2.28 bits per heavy atom. The number of nitrogens with one attached hydrogen (secondary N) is 2. The van der Waals surface area contributed by atoms with Crippen molar-refractivity contribution >= 4 is 18.1 Å². The van der Waals surface area contributed by atoms with Gasteiger partial charge in [-0.1, -0.05) is 6.08 Å². The van der Waals surface area contributed by atoms with Crippen molar-refractivity contribution in [1.29, 1.82) is 0 Å². The molecular formula is C17H25N6OS+. The number of allylic oxidation sites excluding steroid dienone is 1. The predicted molar refractivity (Wildman–Crippen MR) is 99.5 cm³/mol. The lowest BCUT2D eigenvalue weighted by Crippen LogP contribution is -3.09. The van der Waals surface area contributed by atoms with Gasteiger partial charge >= 0.3 is 0 Å². The minimum atomic E-state index is 0.0111. The maximum Gasteiger partial charge on any atom is 0.275 e. The van der Waals surface area contributed by atoms with Gasteiger partial charge in [0.1, 0.15) is 0 Å². The molecule has 0 saturated heterocycles. The standard InChI is InChI=1S/C17H24N6OS/c1-5-9-22-16(14-7-6-8-18-10-14)20-23(17(22)25)12-21(4)11-15(24)19-13(2)3/h5-8,10,13H,1,9,11-12H2,2-4H3,(H,19,24)/p+1. The Morgan fingerprint density at radius 1 is 1.52 bits per heavy atom. The van der Waals surface area contributed by atoms with Gasteiger partial charge in [0.15, 0.2) is 19.0 Å². The summed E-state index contributed by atoms with van der Waals surface area (Å²) in [6.45, 7) is 9.11. The van der Waals surface area contributed by atoms with Gasteiger partial charge in [0, 0.05) is 30.5 Å². The summed E-state index contributed by atoms with van der Waals surface area (Å²) in [4.78, 5) is 17.1. The molecule has 7 nitrogen and oxygen atoms in total. The minimum Gasteiger partial charge on any atom is -0.349 e. The van der Waals surface area contributed by atoms with Crippen molar-refractivity contribution in [2.75, 3.05) is 13.6 Å². The van der Waals surface area contributed by atoms with Gasteiger partial charge in [-0.3, -0.25) is 14.3 Å². The van der Waals surface area contributed by atoms with Gasteiger partial charge in [0.05, 0.1) is 7.05 Å². The molecule has 0 aliphatic heterocycles. The van der Waals surface area contributed by atoms with E-state index in [9.17, 15) is 4.79 Å². The molecule has 2 N–H and O–H groups in total. The van der Waals surface area contributed by atoms with Crippen molar-refractivity contribution in [1.82, 2.24) is 24.6 Å². The smallest absolute Gasteiger partial charge is 0.275 e. The molecule has 1 atom stereocenters. The van der Waals surface area contributed by atoms with E-state index in [1.165, 1.54) is 0 Å². The van der Waals surface area contributed by atoms with Gasteiger partial charge in [-0.2, -0.15) is 4.68 Å². The highest BCUT2D eigenvalue weighted by molar-refractivity contribution is 7.71. The molecule has 134 valence electrons. The van der Waals surface area contributed by atoms with Crippen molar-refractivity contribution in [3.05, 3.63) is 42.0 Å². The second-order valence-corrected chi connectivity index (χ2v) is 6.63. The molecule has 1 amide bonds. The molecule has 0 fully saturated rings. The number of rotatable bonds is 8. The molecule has 2 aromatic heterocycles. The summed E-state index contributed by atoms with van der Waals surface area (Å²) < 4.78 is 4.27. The van der Waals surface area contributed by atoms with Gasteiger partial charge in [-0.05, 0) is 38.2 Å². The molecule has 0 aromatic carbocycles. The number of aromatic nitrogens is 4. The Labute approximate surface area is 153 Å². The molecule has 2 aromatic rings. The fraction of sp³-hybridized carbons (Fsp3) is 0.412. The maximum absolute atomic E-state index is 11.9. The quantitative estimate of drug-likeness (QED) is 0.535.